The van der Waals surface area contributed by atoms with Crippen LogP contribution in [0.4, 0.5) is 0 Å². The van der Waals surface area contributed by atoms with Crippen LogP contribution >= 0.6 is 0 Å². The second-order valence-corrected chi connectivity index (χ2v) is 13.5. The van der Waals surface area contributed by atoms with E-state index in [1.807, 2.05) is 0 Å². The van der Waals surface area contributed by atoms with Crippen LogP contribution in [0.1, 0.15) is 118 Å². The molecular weight excluding hydrogens is 378 g/mol. The normalized spacial score (nSPS) is 45.6. The quantitative estimate of drug-likeness (QED) is 0.445. The van der Waals surface area contributed by atoms with Gasteiger partial charge in [-0.05, 0) is 116 Å². The third-order valence-corrected chi connectivity index (χ3v) is 11.5. The van der Waals surface area contributed by atoms with Gasteiger partial charge in [0.15, 0.2) is 0 Å². The fourth-order valence-corrected chi connectivity index (χ4v) is 9.84. The first-order chi connectivity index (χ1) is 14.6. The number of carbonyl (C=O) groups is 1. The Hall–Kier alpha value is -0.530. The molecule has 4 fully saturated rings. The summed E-state index contributed by atoms with van der Waals surface area (Å²) < 4.78 is 0. The van der Waals surface area contributed by atoms with Crippen molar-refractivity contribution in [2.24, 2.45) is 63.9 Å². The largest absolute Gasteiger partial charge is 0.370 e. The molecule has 0 aromatic heterocycles. The molecule has 0 bridgehead atoms. The van der Waals surface area contributed by atoms with Gasteiger partial charge in [-0.2, -0.15) is 0 Å². The van der Waals surface area contributed by atoms with Gasteiger partial charge in [0.2, 0.25) is 5.91 Å². The highest BCUT2D eigenvalue weighted by molar-refractivity contribution is 5.74. The zero-order valence-corrected chi connectivity index (χ0v) is 21.3. The first-order valence-corrected chi connectivity index (χ1v) is 13.9. The van der Waals surface area contributed by atoms with Crippen molar-refractivity contribution < 1.29 is 4.79 Å². The van der Waals surface area contributed by atoms with E-state index in [-0.39, 0.29) is 5.91 Å². The Morgan fingerprint density at radius 1 is 0.903 bits per heavy atom. The lowest BCUT2D eigenvalue weighted by atomic mass is 9.44. The Labute approximate surface area is 192 Å². The molecule has 2 heteroatoms. The molecule has 4 aliphatic rings. The molecule has 0 aromatic rings. The SMILES string of the molecule is CC(C)CCC[C@@H](C)[C@H]1CC[C@H]2[C@@H]3CCC4CC(CC(N)=O)CC[C@]4(C)[C@H]3CC[C@]12C. The first-order valence-electron chi connectivity index (χ1n) is 13.9. The van der Waals surface area contributed by atoms with Crippen molar-refractivity contribution in [1.82, 2.24) is 0 Å². The van der Waals surface area contributed by atoms with Crippen LogP contribution in [0.25, 0.3) is 0 Å². The third kappa shape index (κ3) is 4.35. The van der Waals surface area contributed by atoms with E-state index in [4.69, 9.17) is 5.73 Å². The van der Waals surface area contributed by atoms with Crippen LogP contribution in [0.2, 0.25) is 0 Å². The number of nitrogens with two attached hydrogens (primary N) is 1. The van der Waals surface area contributed by atoms with E-state index in [1.165, 1.54) is 77.0 Å². The van der Waals surface area contributed by atoms with Crippen molar-refractivity contribution >= 4 is 5.91 Å². The number of rotatable bonds is 7. The summed E-state index contributed by atoms with van der Waals surface area (Å²) in [4.78, 5) is 11.5. The zero-order valence-electron chi connectivity index (χ0n) is 21.3. The van der Waals surface area contributed by atoms with E-state index >= 15 is 0 Å². The van der Waals surface area contributed by atoms with Crippen LogP contribution in [-0.4, -0.2) is 5.91 Å². The standard InChI is InChI=1S/C29H51NO/c1-19(2)7-6-8-20(3)24-11-12-25-23-10-9-22-17-21(18-27(30)31)13-15-28(22,4)26(23)14-16-29(24,25)5/h19-26H,6-18H2,1-5H3,(H2,30,31)/t20-,21?,22?,23+,24-,25+,26+,28+,29-/m1/s1. The van der Waals surface area contributed by atoms with Crippen molar-refractivity contribution in [2.75, 3.05) is 0 Å². The molecule has 2 nitrogen and oxygen atoms in total. The molecule has 0 heterocycles. The molecule has 0 aromatic carbocycles. The third-order valence-electron chi connectivity index (χ3n) is 11.5. The molecule has 178 valence electrons. The van der Waals surface area contributed by atoms with Gasteiger partial charge in [-0.3, -0.25) is 4.79 Å². The average Bonchev–Trinajstić information content (AvgIpc) is 3.05. The van der Waals surface area contributed by atoms with E-state index in [0.29, 0.717) is 23.2 Å². The van der Waals surface area contributed by atoms with Crippen LogP contribution in [-0.2, 0) is 4.79 Å². The molecule has 4 saturated carbocycles. The molecule has 0 spiro atoms. The average molecular weight is 430 g/mol. The summed E-state index contributed by atoms with van der Waals surface area (Å²) in [7, 11) is 0. The maximum absolute atomic E-state index is 11.5. The van der Waals surface area contributed by atoms with Gasteiger partial charge in [0.25, 0.3) is 0 Å². The fraction of sp³-hybridized carbons (Fsp3) is 0.966. The summed E-state index contributed by atoms with van der Waals surface area (Å²) >= 11 is 0. The van der Waals surface area contributed by atoms with Gasteiger partial charge < -0.3 is 5.73 Å². The Kier molecular flexibility index (Phi) is 6.87. The molecule has 0 aliphatic heterocycles. The van der Waals surface area contributed by atoms with Gasteiger partial charge in [0, 0.05) is 6.42 Å². The minimum absolute atomic E-state index is 0.0877. The van der Waals surface area contributed by atoms with Crippen molar-refractivity contribution in [2.45, 2.75) is 118 Å². The summed E-state index contributed by atoms with van der Waals surface area (Å²) in [6.45, 7) is 12.7. The molecule has 1 amide bonds. The highest BCUT2D eigenvalue weighted by Gasteiger charge is 2.60. The molecule has 2 N–H and O–H groups in total. The fourth-order valence-electron chi connectivity index (χ4n) is 9.84. The number of hydrogen-bond acceptors (Lipinski definition) is 1. The molecule has 0 saturated heterocycles. The predicted octanol–water partition coefficient (Wildman–Crippen LogP) is 7.60. The highest BCUT2D eigenvalue weighted by Crippen LogP contribution is 2.68. The van der Waals surface area contributed by atoms with Crippen molar-refractivity contribution in [1.29, 1.82) is 0 Å². The van der Waals surface area contributed by atoms with Gasteiger partial charge >= 0.3 is 0 Å². The Bertz CT molecular complexity index is 643. The van der Waals surface area contributed by atoms with E-state index in [2.05, 4.69) is 34.6 Å². The Morgan fingerprint density at radius 3 is 2.32 bits per heavy atom. The van der Waals surface area contributed by atoms with Gasteiger partial charge in [0.05, 0.1) is 0 Å². The summed E-state index contributed by atoms with van der Waals surface area (Å²) in [6, 6.07) is 0. The van der Waals surface area contributed by atoms with Crippen LogP contribution in [0.5, 0.6) is 0 Å². The van der Waals surface area contributed by atoms with Gasteiger partial charge in [-0.1, -0.05) is 53.9 Å². The summed E-state index contributed by atoms with van der Waals surface area (Å²) in [5, 5.41) is 0. The number of fused-ring (bicyclic) bond motifs is 5. The second-order valence-electron chi connectivity index (χ2n) is 13.5. The topological polar surface area (TPSA) is 43.1 Å². The Balaban J connectivity index is 1.43. The minimum Gasteiger partial charge on any atom is -0.370 e. The molecular formula is C29H51NO. The summed E-state index contributed by atoms with van der Waals surface area (Å²) in [5.74, 6) is 6.91. The molecule has 4 rings (SSSR count). The van der Waals surface area contributed by atoms with E-state index in [1.54, 1.807) is 0 Å². The first kappa shape index (κ1) is 23.6. The smallest absolute Gasteiger partial charge is 0.217 e. The van der Waals surface area contributed by atoms with Gasteiger partial charge in [-0.25, -0.2) is 0 Å². The molecule has 0 radical (unpaired) electrons. The van der Waals surface area contributed by atoms with Crippen molar-refractivity contribution in [3.8, 4) is 0 Å². The van der Waals surface area contributed by atoms with Crippen LogP contribution in [0.3, 0.4) is 0 Å². The predicted molar refractivity (Wildman–Crippen MR) is 130 cm³/mol. The zero-order chi connectivity index (χ0) is 22.4. The minimum atomic E-state index is -0.0877. The van der Waals surface area contributed by atoms with Crippen LogP contribution in [0, 0.1) is 58.2 Å². The summed E-state index contributed by atoms with van der Waals surface area (Å²) in [5.41, 5.74) is 6.68. The number of hydrogen-bond donors (Lipinski definition) is 1. The lowest BCUT2D eigenvalue weighted by Gasteiger charge is -2.61. The Morgan fingerprint density at radius 2 is 1.61 bits per heavy atom. The highest BCUT2D eigenvalue weighted by atomic mass is 16.1. The van der Waals surface area contributed by atoms with Gasteiger partial charge in [0.1, 0.15) is 0 Å². The number of amides is 1. The molecule has 4 aliphatic carbocycles. The van der Waals surface area contributed by atoms with Gasteiger partial charge in [-0.15, -0.1) is 0 Å². The van der Waals surface area contributed by atoms with E-state index < -0.39 is 0 Å². The monoisotopic (exact) mass is 429 g/mol. The van der Waals surface area contributed by atoms with Crippen LogP contribution < -0.4 is 5.73 Å². The second kappa shape index (κ2) is 9.02. The number of carbonyl (C=O) groups excluding carboxylic acids is 1. The van der Waals surface area contributed by atoms with Crippen molar-refractivity contribution in [3.05, 3.63) is 0 Å². The lowest BCUT2D eigenvalue weighted by Crippen LogP contribution is -2.53. The number of primary amides is 1. The molecule has 9 atom stereocenters. The van der Waals surface area contributed by atoms with E-state index in [9.17, 15) is 4.79 Å². The summed E-state index contributed by atoms with van der Waals surface area (Å²) in [6.07, 6.45) is 17.6. The maximum Gasteiger partial charge on any atom is 0.217 e. The molecule has 2 unspecified atom stereocenters. The van der Waals surface area contributed by atoms with E-state index in [0.717, 1.165) is 41.4 Å². The van der Waals surface area contributed by atoms with Crippen LogP contribution in [0.15, 0.2) is 0 Å². The maximum atomic E-state index is 11.5. The lowest BCUT2D eigenvalue weighted by molar-refractivity contribution is -0.128. The van der Waals surface area contributed by atoms with Crippen molar-refractivity contribution in [3.63, 3.8) is 0 Å². The molecule has 31 heavy (non-hydrogen) atoms.